The molecule has 0 radical (unpaired) electrons. The van der Waals surface area contributed by atoms with Crippen LogP contribution in [0.15, 0.2) is 18.2 Å². The quantitative estimate of drug-likeness (QED) is 0.929. The predicted octanol–water partition coefficient (Wildman–Crippen LogP) is 2.72. The highest BCUT2D eigenvalue weighted by Crippen LogP contribution is 2.29. The Morgan fingerprint density at radius 2 is 2.40 bits per heavy atom. The Labute approximate surface area is 122 Å². The molecule has 1 aromatic rings. The van der Waals surface area contributed by atoms with Gasteiger partial charge in [-0.2, -0.15) is 0 Å². The summed E-state index contributed by atoms with van der Waals surface area (Å²) in [4.78, 5) is 12.9. The van der Waals surface area contributed by atoms with Crippen LogP contribution < -0.4 is 0 Å². The molecule has 0 aliphatic carbocycles. The second kappa shape index (κ2) is 6.52. The number of aliphatic carboxylic acids is 1. The number of benzene rings is 1. The maximum atomic E-state index is 13.1. The molecule has 1 aliphatic heterocycles. The van der Waals surface area contributed by atoms with Gasteiger partial charge in [-0.15, -0.1) is 0 Å². The first kappa shape index (κ1) is 15.2. The lowest BCUT2D eigenvalue weighted by Crippen LogP contribution is -2.44. The summed E-state index contributed by atoms with van der Waals surface area (Å²) >= 11 is 6.07. The number of hydrogen-bond donors (Lipinski definition) is 1. The molecule has 2 unspecified atom stereocenters. The largest absolute Gasteiger partial charge is 0.481 e. The van der Waals surface area contributed by atoms with E-state index in [2.05, 4.69) is 4.90 Å². The Hall–Kier alpha value is -1.17. The number of halogens is 2. The molecule has 1 aliphatic rings. The highest BCUT2D eigenvalue weighted by Gasteiger charge is 2.27. The molecule has 2 atom stereocenters. The Morgan fingerprint density at radius 3 is 3.05 bits per heavy atom. The summed E-state index contributed by atoms with van der Waals surface area (Å²) in [7, 11) is 0. The fraction of sp³-hybridized carbons (Fsp3) is 0.500. The molecular weight excluding hydrogens is 285 g/mol. The van der Waals surface area contributed by atoms with Crippen LogP contribution in [0, 0.1) is 5.82 Å². The molecule has 1 saturated heterocycles. The van der Waals surface area contributed by atoms with E-state index in [0.29, 0.717) is 24.7 Å². The highest BCUT2D eigenvalue weighted by atomic mass is 35.5. The zero-order chi connectivity index (χ0) is 14.7. The SMILES string of the molecule is CC(c1ccc(F)cc1Cl)N1CCOC(CC(=O)O)C1. The maximum Gasteiger partial charge on any atom is 0.306 e. The van der Waals surface area contributed by atoms with E-state index in [0.717, 1.165) is 5.56 Å². The first-order valence-electron chi connectivity index (χ1n) is 6.49. The lowest BCUT2D eigenvalue weighted by Gasteiger charge is -2.36. The van der Waals surface area contributed by atoms with Crippen LogP contribution in [0.5, 0.6) is 0 Å². The second-order valence-electron chi connectivity index (χ2n) is 4.93. The van der Waals surface area contributed by atoms with Crippen LogP contribution in [0.4, 0.5) is 4.39 Å². The predicted molar refractivity (Wildman–Crippen MR) is 73.4 cm³/mol. The number of morpholine rings is 1. The van der Waals surface area contributed by atoms with Crippen LogP contribution in [-0.2, 0) is 9.53 Å². The first-order valence-corrected chi connectivity index (χ1v) is 6.87. The Morgan fingerprint density at radius 1 is 1.65 bits per heavy atom. The second-order valence-corrected chi connectivity index (χ2v) is 5.33. The summed E-state index contributed by atoms with van der Waals surface area (Å²) in [5, 5.41) is 9.21. The van der Waals surface area contributed by atoms with Gasteiger partial charge in [-0.05, 0) is 24.6 Å². The van der Waals surface area contributed by atoms with Gasteiger partial charge in [0.25, 0.3) is 0 Å². The smallest absolute Gasteiger partial charge is 0.306 e. The third kappa shape index (κ3) is 3.69. The van der Waals surface area contributed by atoms with Crippen LogP contribution in [0.2, 0.25) is 5.02 Å². The van der Waals surface area contributed by atoms with E-state index in [1.165, 1.54) is 12.1 Å². The normalized spacial score (nSPS) is 21.6. The minimum Gasteiger partial charge on any atom is -0.481 e. The fourth-order valence-electron chi connectivity index (χ4n) is 2.45. The van der Waals surface area contributed by atoms with E-state index in [1.54, 1.807) is 6.07 Å². The van der Waals surface area contributed by atoms with E-state index >= 15 is 0 Å². The molecule has 4 nitrogen and oxygen atoms in total. The van der Waals surface area contributed by atoms with Gasteiger partial charge in [0.1, 0.15) is 5.82 Å². The Balaban J connectivity index is 2.08. The Kier molecular flexibility index (Phi) is 4.96. The van der Waals surface area contributed by atoms with Crippen LogP contribution in [-0.4, -0.2) is 41.8 Å². The van der Waals surface area contributed by atoms with Crippen molar-refractivity contribution in [3.63, 3.8) is 0 Å². The number of hydrogen-bond acceptors (Lipinski definition) is 3. The zero-order valence-corrected chi connectivity index (χ0v) is 11.9. The van der Waals surface area contributed by atoms with Crippen molar-refractivity contribution in [2.75, 3.05) is 19.7 Å². The average molecular weight is 302 g/mol. The van der Waals surface area contributed by atoms with Gasteiger partial charge in [0, 0.05) is 24.2 Å². The van der Waals surface area contributed by atoms with Gasteiger partial charge in [-0.1, -0.05) is 17.7 Å². The number of rotatable bonds is 4. The minimum absolute atomic E-state index is 0.0108. The van der Waals surface area contributed by atoms with E-state index in [4.69, 9.17) is 21.4 Å². The third-order valence-electron chi connectivity index (χ3n) is 3.53. The summed E-state index contributed by atoms with van der Waals surface area (Å²) in [6.07, 6.45) is -0.330. The summed E-state index contributed by atoms with van der Waals surface area (Å²) < 4.78 is 18.5. The van der Waals surface area contributed by atoms with Gasteiger partial charge in [0.2, 0.25) is 0 Å². The number of carbonyl (C=O) groups is 1. The van der Waals surface area contributed by atoms with Crippen molar-refractivity contribution in [1.82, 2.24) is 4.90 Å². The van der Waals surface area contributed by atoms with Crippen molar-refractivity contribution in [2.24, 2.45) is 0 Å². The number of carboxylic acid groups (broad SMARTS) is 1. The summed E-state index contributed by atoms with van der Waals surface area (Å²) in [6, 6.07) is 4.34. The number of carboxylic acids is 1. The van der Waals surface area contributed by atoms with Crippen LogP contribution in [0.25, 0.3) is 0 Å². The van der Waals surface area contributed by atoms with Crippen molar-refractivity contribution in [3.8, 4) is 0 Å². The molecule has 0 aromatic heterocycles. The molecule has 1 N–H and O–H groups in total. The lowest BCUT2D eigenvalue weighted by atomic mass is 10.0. The van der Waals surface area contributed by atoms with Gasteiger partial charge in [-0.25, -0.2) is 4.39 Å². The van der Waals surface area contributed by atoms with Gasteiger partial charge < -0.3 is 9.84 Å². The molecule has 110 valence electrons. The molecule has 0 amide bonds. The molecular formula is C14H17ClFNO3. The molecule has 20 heavy (non-hydrogen) atoms. The number of nitrogens with zero attached hydrogens (tertiary/aromatic N) is 1. The van der Waals surface area contributed by atoms with Gasteiger partial charge >= 0.3 is 5.97 Å². The molecule has 0 bridgehead atoms. The summed E-state index contributed by atoms with van der Waals surface area (Å²) in [5.41, 5.74) is 0.837. The fourth-order valence-corrected chi connectivity index (χ4v) is 2.77. The van der Waals surface area contributed by atoms with Crippen molar-refractivity contribution < 1.29 is 19.0 Å². The molecule has 1 heterocycles. The molecule has 0 saturated carbocycles. The lowest BCUT2D eigenvalue weighted by molar-refractivity contribution is -0.142. The minimum atomic E-state index is -0.871. The first-order chi connectivity index (χ1) is 9.47. The van der Waals surface area contributed by atoms with Crippen molar-refractivity contribution in [2.45, 2.75) is 25.5 Å². The van der Waals surface area contributed by atoms with E-state index in [-0.39, 0.29) is 24.4 Å². The molecule has 1 aromatic carbocycles. The monoisotopic (exact) mass is 301 g/mol. The average Bonchev–Trinajstić information content (AvgIpc) is 2.37. The Bertz CT molecular complexity index is 497. The van der Waals surface area contributed by atoms with E-state index < -0.39 is 5.97 Å². The van der Waals surface area contributed by atoms with Crippen LogP contribution in [0.3, 0.4) is 0 Å². The summed E-state index contributed by atoms with van der Waals surface area (Å²) in [6.45, 7) is 3.69. The van der Waals surface area contributed by atoms with Crippen LogP contribution >= 0.6 is 11.6 Å². The third-order valence-corrected chi connectivity index (χ3v) is 3.86. The molecule has 6 heteroatoms. The van der Waals surface area contributed by atoms with Crippen molar-refractivity contribution in [1.29, 1.82) is 0 Å². The highest BCUT2D eigenvalue weighted by molar-refractivity contribution is 6.31. The number of ether oxygens (including phenoxy) is 1. The van der Waals surface area contributed by atoms with Crippen LogP contribution in [0.1, 0.15) is 24.9 Å². The maximum absolute atomic E-state index is 13.1. The van der Waals surface area contributed by atoms with Gasteiger partial charge in [0.15, 0.2) is 0 Å². The molecule has 0 spiro atoms. The topological polar surface area (TPSA) is 49.8 Å². The van der Waals surface area contributed by atoms with E-state index in [9.17, 15) is 9.18 Å². The van der Waals surface area contributed by atoms with Crippen molar-refractivity contribution >= 4 is 17.6 Å². The molecule has 1 fully saturated rings. The standard InChI is InChI=1S/C14H17ClFNO3/c1-9(12-3-2-10(16)6-13(12)15)17-4-5-20-11(8-17)7-14(18)19/h2-3,6,9,11H,4-5,7-8H2,1H3,(H,18,19). The van der Waals surface area contributed by atoms with Gasteiger partial charge in [-0.3, -0.25) is 9.69 Å². The zero-order valence-electron chi connectivity index (χ0n) is 11.2. The summed E-state index contributed by atoms with van der Waals surface area (Å²) in [5.74, 6) is -1.24. The van der Waals surface area contributed by atoms with E-state index in [1.807, 2.05) is 6.92 Å². The van der Waals surface area contributed by atoms with Crippen molar-refractivity contribution in [3.05, 3.63) is 34.6 Å². The molecule has 2 rings (SSSR count). The van der Waals surface area contributed by atoms with Gasteiger partial charge in [0.05, 0.1) is 19.1 Å².